The van der Waals surface area contributed by atoms with Crippen molar-refractivity contribution in [1.29, 1.82) is 0 Å². The lowest BCUT2D eigenvalue weighted by molar-refractivity contribution is -0.146. The number of benzene rings is 3. The molecule has 0 bridgehead atoms. The average molecular weight is 678 g/mol. The highest BCUT2D eigenvalue weighted by molar-refractivity contribution is 7.92. The summed E-state index contributed by atoms with van der Waals surface area (Å²) in [4.78, 5) is 26.9. The number of sulfone groups is 1. The van der Waals surface area contributed by atoms with Crippen molar-refractivity contribution in [2.24, 2.45) is 11.8 Å². The number of carbonyl (C=O) groups is 2. The highest BCUT2D eigenvalue weighted by Crippen LogP contribution is 2.53. The first-order valence-electron chi connectivity index (χ1n) is 15.4. The number of amides is 1. The zero-order valence-corrected chi connectivity index (χ0v) is 25.9. The lowest BCUT2D eigenvalue weighted by Gasteiger charge is -2.43. The number of halogens is 5. The van der Waals surface area contributed by atoms with Gasteiger partial charge in [-0.1, -0.05) is 24.3 Å². The van der Waals surface area contributed by atoms with Crippen LogP contribution in [0.4, 0.5) is 22.0 Å². The molecule has 2 aliphatic carbocycles. The molecule has 6 rings (SSSR count). The molecular weight excluding hydrogens is 645 g/mol. The Hall–Kier alpha value is -4.00. The van der Waals surface area contributed by atoms with Gasteiger partial charge in [0.15, 0.2) is 21.4 Å². The van der Waals surface area contributed by atoms with E-state index in [1.807, 2.05) is 0 Å². The molecule has 250 valence electrons. The molecule has 0 spiro atoms. The third-order valence-electron chi connectivity index (χ3n) is 9.92. The van der Waals surface area contributed by atoms with Crippen molar-refractivity contribution in [2.45, 2.75) is 73.4 Å². The summed E-state index contributed by atoms with van der Waals surface area (Å²) in [6.45, 7) is -0.275. The summed E-state index contributed by atoms with van der Waals surface area (Å²) in [6, 6.07) is 11.0. The van der Waals surface area contributed by atoms with E-state index in [2.05, 4.69) is 0 Å². The molecule has 0 radical (unpaired) electrons. The van der Waals surface area contributed by atoms with Crippen LogP contribution in [0.25, 0.3) is 0 Å². The Morgan fingerprint density at radius 2 is 1.62 bits per heavy atom. The third-order valence-corrected chi connectivity index (χ3v) is 12.5. The number of nitrogens with zero attached hydrogens (tertiary/aromatic N) is 1. The first kappa shape index (κ1) is 32.9. The summed E-state index contributed by atoms with van der Waals surface area (Å²) in [5.41, 5.74) is 0.186. The van der Waals surface area contributed by atoms with Gasteiger partial charge < -0.3 is 14.7 Å². The Bertz CT molecular complexity index is 1800. The van der Waals surface area contributed by atoms with Crippen LogP contribution in [0.15, 0.2) is 65.6 Å². The number of alkyl halides is 3. The van der Waals surface area contributed by atoms with Gasteiger partial charge in [0.05, 0.1) is 16.9 Å². The van der Waals surface area contributed by atoms with Gasteiger partial charge in [-0.05, 0) is 98.0 Å². The lowest BCUT2D eigenvalue weighted by Crippen LogP contribution is -2.53. The summed E-state index contributed by atoms with van der Waals surface area (Å²) in [6.07, 6.45) is -2.70. The van der Waals surface area contributed by atoms with Gasteiger partial charge in [0, 0.05) is 12.5 Å². The molecule has 2 fully saturated rings. The second-order valence-electron chi connectivity index (χ2n) is 12.5. The molecule has 1 aliphatic heterocycles. The van der Waals surface area contributed by atoms with Gasteiger partial charge >= 0.3 is 12.1 Å². The molecule has 2 atom stereocenters. The predicted octanol–water partition coefficient (Wildman–Crippen LogP) is 6.67. The second kappa shape index (κ2) is 12.2. The van der Waals surface area contributed by atoms with Crippen LogP contribution >= 0.6 is 0 Å². The standard InChI is InChI=1S/C34H32F5NO6S/c35-24-10-12-25(13-11-24)47(44,45)33-16-17-40(31(41)21-5-7-22(8-6-21)32(42)43)29(33)15-9-23-18-20(4-14-26(23)33)19-46-30-27(34(37,38)39)2-1-3-28(30)36/h1-4,10-14,18,21-22,29H,5-9,15-17,19H2,(H,42,43)/t21?,22?,29-,33-/m1/s1. The van der Waals surface area contributed by atoms with E-state index in [-0.39, 0.29) is 30.2 Å². The van der Waals surface area contributed by atoms with Crippen molar-refractivity contribution in [3.05, 3.63) is 94.6 Å². The number of aliphatic carboxylic acids is 1. The molecule has 1 saturated carbocycles. The Kier molecular flexibility index (Phi) is 8.56. The van der Waals surface area contributed by atoms with E-state index < -0.39 is 74.2 Å². The monoisotopic (exact) mass is 677 g/mol. The maximum atomic E-state index is 14.6. The van der Waals surface area contributed by atoms with E-state index in [1.54, 1.807) is 17.0 Å². The number of hydrogen-bond donors (Lipinski definition) is 1. The molecular formula is C34H32F5NO6S. The molecule has 13 heteroatoms. The smallest absolute Gasteiger partial charge is 0.420 e. The molecule has 47 heavy (non-hydrogen) atoms. The zero-order chi connectivity index (χ0) is 33.7. The molecule has 1 heterocycles. The summed E-state index contributed by atoms with van der Waals surface area (Å²) in [5.74, 6) is -4.79. The fourth-order valence-corrected chi connectivity index (χ4v) is 9.98. The van der Waals surface area contributed by atoms with Crippen LogP contribution in [-0.4, -0.2) is 42.9 Å². The molecule has 3 aromatic carbocycles. The van der Waals surface area contributed by atoms with Crippen LogP contribution in [0.5, 0.6) is 5.75 Å². The first-order chi connectivity index (χ1) is 22.2. The summed E-state index contributed by atoms with van der Waals surface area (Å²) in [7, 11) is -4.25. The molecule has 1 amide bonds. The number of hydrogen-bond acceptors (Lipinski definition) is 5. The second-order valence-corrected chi connectivity index (χ2v) is 14.7. The van der Waals surface area contributed by atoms with Crippen molar-refractivity contribution in [3.63, 3.8) is 0 Å². The van der Waals surface area contributed by atoms with Crippen LogP contribution in [0.1, 0.15) is 60.8 Å². The number of carboxylic acid groups (broad SMARTS) is 1. The topological polar surface area (TPSA) is 101 Å². The highest BCUT2D eigenvalue weighted by atomic mass is 32.2. The minimum Gasteiger partial charge on any atom is -0.485 e. The minimum absolute atomic E-state index is 0.0562. The van der Waals surface area contributed by atoms with Gasteiger partial charge in [-0.25, -0.2) is 17.2 Å². The number of para-hydroxylation sites is 1. The fraction of sp³-hybridized carbons (Fsp3) is 0.412. The van der Waals surface area contributed by atoms with E-state index in [0.29, 0.717) is 48.8 Å². The number of rotatable bonds is 7. The normalized spacial score (nSPS) is 24.4. The largest absolute Gasteiger partial charge is 0.485 e. The number of aryl methyl sites for hydroxylation is 1. The summed E-state index contributed by atoms with van der Waals surface area (Å²) < 4.78 is 102. The molecule has 1 saturated heterocycles. The van der Waals surface area contributed by atoms with Gasteiger partial charge in [-0.3, -0.25) is 9.59 Å². The predicted molar refractivity (Wildman–Crippen MR) is 159 cm³/mol. The maximum absolute atomic E-state index is 14.6. The zero-order valence-electron chi connectivity index (χ0n) is 25.1. The van der Waals surface area contributed by atoms with Crippen LogP contribution in [0.3, 0.4) is 0 Å². The third kappa shape index (κ3) is 5.76. The Labute approximate surface area is 268 Å². The molecule has 7 nitrogen and oxygen atoms in total. The van der Waals surface area contributed by atoms with Crippen molar-refractivity contribution in [2.75, 3.05) is 6.54 Å². The number of carboxylic acids is 1. The summed E-state index contributed by atoms with van der Waals surface area (Å²) >= 11 is 0. The van der Waals surface area contributed by atoms with E-state index in [0.717, 1.165) is 30.3 Å². The Morgan fingerprint density at radius 3 is 2.28 bits per heavy atom. The van der Waals surface area contributed by atoms with Crippen LogP contribution in [0, 0.1) is 23.5 Å². The molecule has 3 aliphatic rings. The molecule has 0 aromatic heterocycles. The van der Waals surface area contributed by atoms with Gasteiger partial charge in [0.2, 0.25) is 5.91 Å². The van der Waals surface area contributed by atoms with E-state index in [4.69, 9.17) is 4.74 Å². The van der Waals surface area contributed by atoms with Crippen LogP contribution in [0.2, 0.25) is 0 Å². The minimum atomic E-state index is -4.84. The van der Waals surface area contributed by atoms with Crippen molar-refractivity contribution < 1.29 is 49.8 Å². The number of carbonyl (C=O) groups excluding carboxylic acids is 1. The van der Waals surface area contributed by atoms with Crippen molar-refractivity contribution in [3.8, 4) is 5.75 Å². The van der Waals surface area contributed by atoms with Crippen LogP contribution < -0.4 is 4.74 Å². The molecule has 1 N–H and O–H groups in total. The SMILES string of the molecule is O=C(O)C1CCC(C(=O)N2CC[C@@]3(S(=O)(=O)c4ccc(F)cc4)c4ccc(COc5c(F)cccc5C(F)(F)F)cc4CC[C@@H]23)CC1. The first-order valence-corrected chi connectivity index (χ1v) is 16.9. The summed E-state index contributed by atoms with van der Waals surface area (Å²) in [5, 5.41) is 9.38. The van der Waals surface area contributed by atoms with Gasteiger partial charge in [-0.15, -0.1) is 0 Å². The average Bonchev–Trinajstić information content (AvgIpc) is 3.45. The number of ether oxygens (including phenoxy) is 1. The van der Waals surface area contributed by atoms with Gasteiger partial charge in [0.1, 0.15) is 22.7 Å². The van der Waals surface area contributed by atoms with Gasteiger partial charge in [-0.2, -0.15) is 13.2 Å². The van der Waals surface area contributed by atoms with Crippen molar-refractivity contribution in [1.82, 2.24) is 4.90 Å². The van der Waals surface area contributed by atoms with E-state index in [9.17, 15) is 45.1 Å². The lowest BCUT2D eigenvalue weighted by atomic mass is 9.77. The maximum Gasteiger partial charge on any atom is 0.420 e. The highest BCUT2D eigenvalue weighted by Gasteiger charge is 2.61. The Morgan fingerprint density at radius 1 is 0.936 bits per heavy atom. The quantitative estimate of drug-likeness (QED) is 0.222. The Balaban J connectivity index is 1.35. The fourth-order valence-electron chi connectivity index (χ4n) is 7.61. The van der Waals surface area contributed by atoms with Crippen LogP contribution in [-0.2, 0) is 43.4 Å². The number of fused-ring (bicyclic) bond motifs is 3. The van der Waals surface area contributed by atoms with E-state index >= 15 is 0 Å². The molecule has 3 aromatic rings. The number of likely N-dealkylation sites (tertiary alicyclic amines) is 1. The van der Waals surface area contributed by atoms with Crippen molar-refractivity contribution >= 4 is 21.7 Å². The molecule has 0 unspecified atom stereocenters. The van der Waals surface area contributed by atoms with Gasteiger partial charge in [0.25, 0.3) is 0 Å². The van der Waals surface area contributed by atoms with E-state index in [1.165, 1.54) is 18.2 Å².